The molecule has 0 aliphatic carbocycles. The van der Waals surface area contributed by atoms with Gasteiger partial charge in [-0.2, -0.15) is 0 Å². The van der Waals surface area contributed by atoms with Crippen LogP contribution in [0.5, 0.6) is 0 Å². The Morgan fingerprint density at radius 1 is 1.12 bits per heavy atom. The first-order valence-electron chi connectivity index (χ1n) is 11.2. The molecule has 0 saturated heterocycles. The van der Waals surface area contributed by atoms with E-state index in [9.17, 15) is 9.90 Å². The van der Waals surface area contributed by atoms with Crippen LogP contribution in [0.4, 0.5) is 11.5 Å². The number of carbonyl (C=O) groups is 1. The Kier molecular flexibility index (Phi) is 7.02. The number of rotatable bonds is 9. The number of aromatic nitrogens is 1. The van der Waals surface area contributed by atoms with Crippen LogP contribution in [0.25, 0.3) is 0 Å². The summed E-state index contributed by atoms with van der Waals surface area (Å²) >= 11 is 0. The van der Waals surface area contributed by atoms with E-state index in [1.165, 1.54) is 5.56 Å². The fourth-order valence-electron chi connectivity index (χ4n) is 4.35. The van der Waals surface area contributed by atoms with Crippen molar-refractivity contribution < 1.29 is 9.90 Å². The van der Waals surface area contributed by atoms with Crippen LogP contribution in [0.15, 0.2) is 72.9 Å². The lowest BCUT2D eigenvalue weighted by Crippen LogP contribution is -2.44. The smallest absolute Gasteiger partial charge is 0.310 e. The largest absolute Gasteiger partial charge is 0.481 e. The molecule has 0 radical (unpaired) electrons. The average molecular weight is 431 g/mol. The number of pyridine rings is 1. The van der Waals surface area contributed by atoms with Gasteiger partial charge in [0.1, 0.15) is 5.82 Å². The van der Waals surface area contributed by atoms with Gasteiger partial charge in [0.15, 0.2) is 0 Å². The number of nitrogens with one attached hydrogen (secondary N) is 3. The number of aliphatic carboxylic acids is 1. The number of hydrogen-bond donors (Lipinski definition) is 4. The predicted octanol–water partition coefficient (Wildman–Crippen LogP) is 4.44. The molecule has 1 aromatic heterocycles. The van der Waals surface area contributed by atoms with Crippen LogP contribution in [0.3, 0.4) is 0 Å². The van der Waals surface area contributed by atoms with E-state index in [-0.39, 0.29) is 12.1 Å². The van der Waals surface area contributed by atoms with E-state index in [0.717, 1.165) is 42.1 Å². The summed E-state index contributed by atoms with van der Waals surface area (Å²) in [7, 11) is 0. The molecule has 3 atom stereocenters. The van der Waals surface area contributed by atoms with Crippen LogP contribution in [0, 0.1) is 0 Å². The Bertz CT molecular complexity index is 1040. The van der Waals surface area contributed by atoms with Crippen LogP contribution in [-0.4, -0.2) is 35.2 Å². The normalized spacial score (nSPS) is 16.8. The Hall–Kier alpha value is -3.38. The van der Waals surface area contributed by atoms with Gasteiger partial charge in [0.05, 0.1) is 23.7 Å². The van der Waals surface area contributed by atoms with E-state index in [1.807, 2.05) is 43.3 Å². The second-order valence-electron chi connectivity index (χ2n) is 8.17. The maximum atomic E-state index is 11.5. The summed E-state index contributed by atoms with van der Waals surface area (Å²) < 4.78 is 0. The first-order chi connectivity index (χ1) is 15.7. The van der Waals surface area contributed by atoms with Crippen molar-refractivity contribution in [2.45, 2.75) is 37.8 Å². The van der Waals surface area contributed by atoms with E-state index < -0.39 is 11.9 Å². The van der Waals surface area contributed by atoms with Crippen LogP contribution < -0.4 is 16.0 Å². The fourth-order valence-corrected chi connectivity index (χ4v) is 4.35. The molecule has 0 fully saturated rings. The lowest BCUT2D eigenvalue weighted by molar-refractivity contribution is -0.138. The Morgan fingerprint density at radius 2 is 1.94 bits per heavy atom. The van der Waals surface area contributed by atoms with Gasteiger partial charge in [0.2, 0.25) is 0 Å². The van der Waals surface area contributed by atoms with Crippen molar-refractivity contribution in [3.05, 3.63) is 89.6 Å². The topological polar surface area (TPSA) is 86.3 Å². The van der Waals surface area contributed by atoms with Crippen LogP contribution in [-0.2, 0) is 11.2 Å². The summed E-state index contributed by atoms with van der Waals surface area (Å²) in [5.41, 5.74) is 4.26. The summed E-state index contributed by atoms with van der Waals surface area (Å²) in [6, 6.07) is 22.6. The van der Waals surface area contributed by atoms with Crippen molar-refractivity contribution in [2.24, 2.45) is 0 Å². The fraction of sp³-hybridized carbons (Fsp3) is 0.308. The molecule has 4 N–H and O–H groups in total. The molecule has 6 nitrogen and oxygen atoms in total. The lowest BCUT2D eigenvalue weighted by atomic mass is 9.94. The minimum Gasteiger partial charge on any atom is -0.481 e. The third kappa shape index (κ3) is 5.08. The quantitative estimate of drug-likeness (QED) is 0.402. The van der Waals surface area contributed by atoms with Gasteiger partial charge in [0, 0.05) is 12.7 Å². The summed E-state index contributed by atoms with van der Waals surface area (Å²) in [5, 5.41) is 20.3. The molecule has 32 heavy (non-hydrogen) atoms. The molecule has 3 aromatic rings. The molecule has 0 spiro atoms. The maximum absolute atomic E-state index is 11.5. The second-order valence-corrected chi connectivity index (χ2v) is 8.17. The Morgan fingerprint density at radius 3 is 2.72 bits per heavy atom. The number of nitrogens with zero attached hydrogens (tertiary/aromatic N) is 1. The van der Waals surface area contributed by atoms with E-state index >= 15 is 0 Å². The molecule has 1 aliphatic heterocycles. The molecule has 2 aromatic carbocycles. The van der Waals surface area contributed by atoms with E-state index in [4.69, 9.17) is 0 Å². The van der Waals surface area contributed by atoms with Crippen molar-refractivity contribution in [3.8, 4) is 0 Å². The molecule has 1 unspecified atom stereocenters. The van der Waals surface area contributed by atoms with Crippen molar-refractivity contribution in [2.75, 3.05) is 23.7 Å². The second kappa shape index (κ2) is 10.3. The van der Waals surface area contributed by atoms with Crippen LogP contribution in [0.2, 0.25) is 0 Å². The third-order valence-electron chi connectivity index (χ3n) is 6.04. The Balaban J connectivity index is 1.46. The first kappa shape index (κ1) is 21.8. The summed E-state index contributed by atoms with van der Waals surface area (Å²) in [5.74, 6) is -0.347. The Labute approximate surface area is 189 Å². The van der Waals surface area contributed by atoms with Crippen molar-refractivity contribution >= 4 is 17.5 Å². The number of hydrogen-bond acceptors (Lipinski definition) is 5. The molecule has 0 bridgehead atoms. The van der Waals surface area contributed by atoms with Crippen molar-refractivity contribution in [3.63, 3.8) is 0 Å². The summed E-state index contributed by atoms with van der Waals surface area (Å²) in [6.07, 6.45) is 3.21. The third-order valence-corrected chi connectivity index (χ3v) is 6.04. The van der Waals surface area contributed by atoms with Crippen molar-refractivity contribution in [1.29, 1.82) is 0 Å². The zero-order valence-electron chi connectivity index (χ0n) is 18.3. The van der Waals surface area contributed by atoms with Gasteiger partial charge >= 0.3 is 5.97 Å². The molecular formula is C26H30N4O2. The van der Waals surface area contributed by atoms with Gasteiger partial charge < -0.3 is 21.1 Å². The molecule has 0 saturated carbocycles. The molecular weight excluding hydrogens is 400 g/mol. The van der Waals surface area contributed by atoms with E-state index in [0.29, 0.717) is 6.42 Å². The standard InChI is InChI=1S/C26H30N4O2/c1-2-21(26(31)32)20-11-6-8-18(16-20)13-15-27-24(19-9-4-3-5-10-19)23-17-29-22-12-7-14-28-25(22)30-23/h3-12,14,16,21,23-24,27,29H,2,13,15,17H2,1H3,(H,28,30)(H,31,32)/t21?,23-,24-/m1/s1. The van der Waals surface area contributed by atoms with E-state index in [1.54, 1.807) is 6.20 Å². The lowest BCUT2D eigenvalue weighted by Gasteiger charge is -2.34. The summed E-state index contributed by atoms with van der Waals surface area (Å²) in [6.45, 7) is 3.48. The van der Waals surface area contributed by atoms with E-state index in [2.05, 4.69) is 51.3 Å². The number of anilines is 2. The minimum absolute atomic E-state index is 0.101. The number of carboxylic acids is 1. The molecule has 166 valence electrons. The number of carboxylic acid groups (broad SMARTS) is 1. The highest BCUT2D eigenvalue weighted by atomic mass is 16.4. The number of benzene rings is 2. The van der Waals surface area contributed by atoms with Crippen LogP contribution in [0.1, 0.15) is 42.0 Å². The zero-order chi connectivity index (χ0) is 22.3. The van der Waals surface area contributed by atoms with Gasteiger partial charge in [-0.15, -0.1) is 0 Å². The highest BCUT2D eigenvalue weighted by Crippen LogP contribution is 2.28. The molecule has 4 rings (SSSR count). The van der Waals surface area contributed by atoms with Gasteiger partial charge in [-0.05, 0) is 48.2 Å². The average Bonchev–Trinajstić information content (AvgIpc) is 2.83. The maximum Gasteiger partial charge on any atom is 0.310 e. The SMILES string of the molecule is CCC(C(=O)O)c1cccc(CCN[C@H](c2ccccc2)[C@H]2CNc3cccnc3N2)c1. The molecule has 2 heterocycles. The molecule has 0 amide bonds. The summed E-state index contributed by atoms with van der Waals surface area (Å²) in [4.78, 5) is 16.0. The van der Waals surface area contributed by atoms with Crippen LogP contribution >= 0.6 is 0 Å². The first-order valence-corrected chi connectivity index (χ1v) is 11.2. The zero-order valence-corrected chi connectivity index (χ0v) is 18.3. The predicted molar refractivity (Wildman–Crippen MR) is 128 cm³/mol. The highest BCUT2D eigenvalue weighted by Gasteiger charge is 2.27. The van der Waals surface area contributed by atoms with Gasteiger partial charge in [0.25, 0.3) is 0 Å². The highest BCUT2D eigenvalue weighted by molar-refractivity contribution is 5.76. The van der Waals surface area contributed by atoms with Gasteiger partial charge in [-0.1, -0.05) is 61.5 Å². The number of fused-ring (bicyclic) bond motifs is 1. The van der Waals surface area contributed by atoms with Gasteiger partial charge in [-0.3, -0.25) is 4.79 Å². The van der Waals surface area contributed by atoms with Crippen molar-refractivity contribution in [1.82, 2.24) is 10.3 Å². The minimum atomic E-state index is -0.767. The monoisotopic (exact) mass is 430 g/mol. The molecule has 1 aliphatic rings. The van der Waals surface area contributed by atoms with Gasteiger partial charge in [-0.25, -0.2) is 4.98 Å². The molecule has 6 heteroatoms.